The molecule has 4 aromatic rings. The number of carbonyl (C=O) groups excluding carboxylic acids is 1. The molecule has 5 nitrogen and oxygen atoms in total. The van der Waals surface area contributed by atoms with Crippen molar-refractivity contribution in [3.63, 3.8) is 0 Å². The van der Waals surface area contributed by atoms with Gasteiger partial charge < -0.3 is 16.0 Å². The second-order valence-electron chi connectivity index (χ2n) is 6.09. The average molecular weight is 342 g/mol. The molecule has 4 rings (SSSR count). The third kappa shape index (κ3) is 3.15. The summed E-state index contributed by atoms with van der Waals surface area (Å²) in [6.45, 7) is 0.686. The standard InChI is InChI=1S/C21H18N4O/c22-20(26)15-4-6-17(7-5-15)25-13-14-2-1-3-16(12-14)18-8-10-23-21-19(18)9-11-24-21/h1-12,25H,13H2,(H2,22,26)(H,23,24). The molecule has 0 radical (unpaired) electrons. The molecule has 0 saturated heterocycles. The highest BCUT2D eigenvalue weighted by atomic mass is 16.1. The van der Waals surface area contributed by atoms with Gasteiger partial charge in [0.15, 0.2) is 0 Å². The number of primary amides is 1. The number of nitrogens with one attached hydrogen (secondary N) is 2. The van der Waals surface area contributed by atoms with Gasteiger partial charge in [0.2, 0.25) is 5.91 Å². The molecule has 5 heteroatoms. The van der Waals surface area contributed by atoms with Crippen LogP contribution in [0.2, 0.25) is 0 Å². The van der Waals surface area contributed by atoms with Crippen LogP contribution < -0.4 is 11.1 Å². The number of pyridine rings is 1. The van der Waals surface area contributed by atoms with E-state index in [1.807, 2.05) is 36.7 Å². The average Bonchev–Trinajstić information content (AvgIpc) is 3.16. The molecule has 0 fully saturated rings. The zero-order valence-corrected chi connectivity index (χ0v) is 14.1. The van der Waals surface area contributed by atoms with Gasteiger partial charge in [0.05, 0.1) is 0 Å². The molecule has 2 heterocycles. The van der Waals surface area contributed by atoms with E-state index in [2.05, 4.69) is 39.6 Å². The highest BCUT2D eigenvalue weighted by Gasteiger charge is 2.06. The van der Waals surface area contributed by atoms with Crippen molar-refractivity contribution in [2.24, 2.45) is 5.73 Å². The Balaban J connectivity index is 1.54. The van der Waals surface area contributed by atoms with Gasteiger partial charge in [-0.3, -0.25) is 4.79 Å². The molecule has 0 spiro atoms. The lowest BCUT2D eigenvalue weighted by Crippen LogP contribution is -2.10. The summed E-state index contributed by atoms with van der Waals surface area (Å²) in [5.74, 6) is -0.419. The Labute approximate surface area is 150 Å². The molecule has 2 aromatic carbocycles. The molecule has 2 aromatic heterocycles. The number of nitrogens with two attached hydrogens (primary N) is 1. The Bertz CT molecular complexity index is 1070. The number of hydrogen-bond acceptors (Lipinski definition) is 3. The highest BCUT2D eigenvalue weighted by molar-refractivity contribution is 5.93. The van der Waals surface area contributed by atoms with Gasteiger partial charge in [-0.1, -0.05) is 18.2 Å². The van der Waals surface area contributed by atoms with E-state index < -0.39 is 5.91 Å². The second-order valence-corrected chi connectivity index (χ2v) is 6.09. The fourth-order valence-corrected chi connectivity index (χ4v) is 3.02. The lowest BCUT2D eigenvalue weighted by Gasteiger charge is -2.09. The maximum Gasteiger partial charge on any atom is 0.248 e. The van der Waals surface area contributed by atoms with E-state index in [9.17, 15) is 4.79 Å². The van der Waals surface area contributed by atoms with E-state index in [1.54, 1.807) is 12.1 Å². The summed E-state index contributed by atoms with van der Waals surface area (Å²) in [6.07, 6.45) is 3.72. The number of aromatic amines is 1. The minimum atomic E-state index is -0.419. The van der Waals surface area contributed by atoms with Crippen LogP contribution in [-0.2, 0) is 6.54 Å². The molecule has 1 amide bonds. The number of hydrogen-bond donors (Lipinski definition) is 3. The van der Waals surface area contributed by atoms with Gasteiger partial charge in [0.1, 0.15) is 5.65 Å². The molecule has 0 atom stereocenters. The second kappa shape index (κ2) is 6.72. The Morgan fingerprint density at radius 1 is 1.08 bits per heavy atom. The molecule has 0 saturated carbocycles. The Morgan fingerprint density at radius 2 is 1.92 bits per heavy atom. The summed E-state index contributed by atoms with van der Waals surface area (Å²) in [4.78, 5) is 18.6. The summed E-state index contributed by atoms with van der Waals surface area (Å²) >= 11 is 0. The fourth-order valence-electron chi connectivity index (χ4n) is 3.02. The van der Waals surface area contributed by atoms with E-state index in [0.29, 0.717) is 12.1 Å². The monoisotopic (exact) mass is 342 g/mol. The Morgan fingerprint density at radius 3 is 2.73 bits per heavy atom. The number of aromatic nitrogens is 2. The van der Waals surface area contributed by atoms with Crippen molar-refractivity contribution >= 4 is 22.6 Å². The lowest BCUT2D eigenvalue weighted by atomic mass is 10.0. The summed E-state index contributed by atoms with van der Waals surface area (Å²) < 4.78 is 0. The van der Waals surface area contributed by atoms with Crippen LogP contribution in [0.5, 0.6) is 0 Å². The van der Waals surface area contributed by atoms with Crippen LogP contribution in [0.25, 0.3) is 22.2 Å². The van der Waals surface area contributed by atoms with Gasteiger partial charge in [0, 0.05) is 35.6 Å². The molecule has 0 aliphatic heterocycles. The zero-order chi connectivity index (χ0) is 17.9. The number of rotatable bonds is 5. The minimum absolute atomic E-state index is 0.419. The Kier molecular flexibility index (Phi) is 4.11. The van der Waals surface area contributed by atoms with Gasteiger partial charge in [-0.15, -0.1) is 0 Å². The van der Waals surface area contributed by atoms with Crippen molar-refractivity contribution in [3.8, 4) is 11.1 Å². The van der Waals surface area contributed by atoms with E-state index in [0.717, 1.165) is 27.8 Å². The SMILES string of the molecule is NC(=O)c1ccc(NCc2cccc(-c3ccnc4[nH]ccc34)c2)cc1. The number of anilines is 1. The van der Waals surface area contributed by atoms with Crippen molar-refractivity contribution < 1.29 is 4.79 Å². The molecule has 26 heavy (non-hydrogen) atoms. The van der Waals surface area contributed by atoms with Crippen molar-refractivity contribution in [3.05, 3.63) is 84.2 Å². The number of amides is 1. The van der Waals surface area contributed by atoms with Gasteiger partial charge >= 0.3 is 0 Å². The number of fused-ring (bicyclic) bond motifs is 1. The number of nitrogens with zero attached hydrogens (tertiary/aromatic N) is 1. The van der Waals surface area contributed by atoms with Crippen molar-refractivity contribution in [1.29, 1.82) is 0 Å². The van der Waals surface area contributed by atoms with Crippen LogP contribution in [-0.4, -0.2) is 15.9 Å². The number of benzene rings is 2. The smallest absolute Gasteiger partial charge is 0.248 e. The third-order valence-electron chi connectivity index (χ3n) is 4.36. The highest BCUT2D eigenvalue weighted by Crippen LogP contribution is 2.27. The van der Waals surface area contributed by atoms with E-state index in [1.165, 1.54) is 5.56 Å². The van der Waals surface area contributed by atoms with Crippen LogP contribution in [0, 0.1) is 0 Å². The quantitative estimate of drug-likeness (QED) is 0.513. The minimum Gasteiger partial charge on any atom is -0.381 e. The van der Waals surface area contributed by atoms with Crippen LogP contribution in [0.1, 0.15) is 15.9 Å². The predicted molar refractivity (Wildman–Crippen MR) is 104 cm³/mol. The first-order valence-corrected chi connectivity index (χ1v) is 8.36. The normalized spacial score (nSPS) is 10.8. The van der Waals surface area contributed by atoms with E-state index in [-0.39, 0.29) is 0 Å². The van der Waals surface area contributed by atoms with Crippen LogP contribution in [0.4, 0.5) is 5.69 Å². The lowest BCUT2D eigenvalue weighted by molar-refractivity contribution is 0.100. The summed E-state index contributed by atoms with van der Waals surface area (Å²) in [7, 11) is 0. The van der Waals surface area contributed by atoms with Crippen LogP contribution >= 0.6 is 0 Å². The van der Waals surface area contributed by atoms with Crippen molar-refractivity contribution in [1.82, 2.24) is 9.97 Å². The van der Waals surface area contributed by atoms with Gasteiger partial charge in [-0.2, -0.15) is 0 Å². The molecular weight excluding hydrogens is 324 g/mol. The van der Waals surface area contributed by atoms with E-state index >= 15 is 0 Å². The van der Waals surface area contributed by atoms with E-state index in [4.69, 9.17) is 5.73 Å². The predicted octanol–water partition coefficient (Wildman–Crippen LogP) is 3.94. The van der Waals surface area contributed by atoms with Gasteiger partial charge in [-0.25, -0.2) is 4.98 Å². The molecule has 0 bridgehead atoms. The largest absolute Gasteiger partial charge is 0.381 e. The van der Waals surface area contributed by atoms with Crippen molar-refractivity contribution in [2.75, 3.05) is 5.32 Å². The maximum atomic E-state index is 11.1. The third-order valence-corrected chi connectivity index (χ3v) is 4.36. The topological polar surface area (TPSA) is 83.8 Å². The van der Waals surface area contributed by atoms with Gasteiger partial charge in [-0.05, 0) is 59.2 Å². The number of carbonyl (C=O) groups is 1. The summed E-state index contributed by atoms with van der Waals surface area (Å²) in [5, 5.41) is 4.48. The van der Waals surface area contributed by atoms with Crippen molar-refractivity contribution in [2.45, 2.75) is 6.54 Å². The van der Waals surface area contributed by atoms with Gasteiger partial charge in [0.25, 0.3) is 0 Å². The first-order chi connectivity index (χ1) is 12.7. The summed E-state index contributed by atoms with van der Waals surface area (Å²) in [5.41, 5.74) is 11.1. The number of H-pyrrole nitrogens is 1. The van der Waals surface area contributed by atoms with Crippen LogP contribution in [0.3, 0.4) is 0 Å². The first kappa shape index (κ1) is 15.9. The first-order valence-electron chi connectivity index (χ1n) is 8.36. The molecule has 0 unspecified atom stereocenters. The maximum absolute atomic E-state index is 11.1. The van der Waals surface area contributed by atoms with Crippen LogP contribution in [0.15, 0.2) is 73.1 Å². The zero-order valence-electron chi connectivity index (χ0n) is 14.1. The molecule has 0 aliphatic carbocycles. The molecular formula is C21H18N4O. The fraction of sp³-hybridized carbons (Fsp3) is 0.0476. The summed E-state index contributed by atoms with van der Waals surface area (Å²) in [6, 6.07) is 19.7. The molecule has 128 valence electrons. The molecule has 4 N–H and O–H groups in total. The molecule has 0 aliphatic rings. The Hall–Kier alpha value is -3.60.